The molecule has 226 valence electrons. The second-order valence-corrected chi connectivity index (χ2v) is 15.2. The van der Waals surface area contributed by atoms with Crippen molar-refractivity contribution in [1.29, 1.82) is 0 Å². The van der Waals surface area contributed by atoms with Crippen molar-refractivity contribution in [1.82, 2.24) is 0 Å². The van der Waals surface area contributed by atoms with Gasteiger partial charge in [0.25, 0.3) is 0 Å². The van der Waals surface area contributed by atoms with Gasteiger partial charge in [0.05, 0.1) is 0 Å². The van der Waals surface area contributed by atoms with E-state index in [2.05, 4.69) is 152 Å². The first-order valence-corrected chi connectivity index (χ1v) is 18.1. The number of benzene rings is 8. The SMILES string of the molecule is O[P+](c1ccccc1)(c1ccccc1)c1cccc(-c2cc(-c3ccccc3)c3c(c2-c2ccccc2)-c2cccc4cccc-3c24)c1. The number of fused-ring (bicyclic) bond motifs is 3. The van der Waals surface area contributed by atoms with Crippen LogP contribution in [0.5, 0.6) is 0 Å². The lowest BCUT2D eigenvalue weighted by Gasteiger charge is -2.23. The van der Waals surface area contributed by atoms with Gasteiger partial charge in [-0.25, -0.2) is 4.89 Å². The molecular weight excluding hydrogens is 599 g/mol. The molecule has 0 saturated heterocycles. The van der Waals surface area contributed by atoms with Crippen molar-refractivity contribution in [2.24, 2.45) is 0 Å². The normalized spacial score (nSPS) is 11.9. The van der Waals surface area contributed by atoms with Crippen LogP contribution in [0.3, 0.4) is 0 Å². The molecular formula is C46H32OP+. The fourth-order valence-electron chi connectivity index (χ4n) is 7.58. The third-order valence-electron chi connectivity index (χ3n) is 9.71. The Morgan fingerprint density at radius 1 is 0.312 bits per heavy atom. The Kier molecular flexibility index (Phi) is 6.91. The highest BCUT2D eigenvalue weighted by Gasteiger charge is 2.44. The van der Waals surface area contributed by atoms with Crippen LogP contribution < -0.4 is 15.9 Å². The van der Waals surface area contributed by atoms with Crippen LogP contribution in [0.1, 0.15) is 0 Å². The molecule has 0 heterocycles. The summed E-state index contributed by atoms with van der Waals surface area (Å²) in [5.74, 6) is 0. The number of hydrogen-bond donors (Lipinski definition) is 1. The van der Waals surface area contributed by atoms with Crippen LogP contribution in [0.25, 0.3) is 66.4 Å². The molecule has 0 saturated carbocycles. The molecule has 0 bridgehead atoms. The van der Waals surface area contributed by atoms with E-state index in [1.807, 2.05) is 36.4 Å². The van der Waals surface area contributed by atoms with Crippen molar-refractivity contribution in [3.63, 3.8) is 0 Å². The molecule has 0 aliphatic heterocycles. The van der Waals surface area contributed by atoms with Gasteiger partial charge in [-0.1, -0.05) is 146 Å². The minimum Gasteiger partial charge on any atom is -0.235 e. The molecule has 1 N–H and O–H groups in total. The second-order valence-electron chi connectivity index (χ2n) is 12.4. The van der Waals surface area contributed by atoms with Crippen LogP contribution >= 0.6 is 7.49 Å². The molecule has 0 radical (unpaired) electrons. The third kappa shape index (κ3) is 4.48. The summed E-state index contributed by atoms with van der Waals surface area (Å²) in [6, 6.07) is 66.3. The summed E-state index contributed by atoms with van der Waals surface area (Å²) >= 11 is 0. The van der Waals surface area contributed by atoms with Gasteiger partial charge in [0.1, 0.15) is 15.9 Å². The van der Waals surface area contributed by atoms with Crippen molar-refractivity contribution in [3.8, 4) is 55.6 Å². The maximum Gasteiger partial charge on any atom is 0.238 e. The molecule has 2 heteroatoms. The number of hydrogen-bond acceptors (Lipinski definition) is 1. The Labute approximate surface area is 281 Å². The van der Waals surface area contributed by atoms with E-state index in [0.717, 1.165) is 27.0 Å². The van der Waals surface area contributed by atoms with Crippen LogP contribution in [-0.4, -0.2) is 4.89 Å². The molecule has 0 aromatic heterocycles. The molecule has 8 aromatic carbocycles. The molecule has 1 aliphatic carbocycles. The average Bonchev–Trinajstić information content (AvgIpc) is 3.51. The van der Waals surface area contributed by atoms with Gasteiger partial charge in [-0.15, -0.1) is 0 Å². The zero-order valence-corrected chi connectivity index (χ0v) is 27.2. The van der Waals surface area contributed by atoms with Crippen LogP contribution in [0, 0.1) is 0 Å². The predicted octanol–water partition coefficient (Wildman–Crippen LogP) is 10.7. The van der Waals surface area contributed by atoms with Gasteiger partial charge in [-0.05, 0) is 109 Å². The first-order valence-electron chi connectivity index (χ1n) is 16.4. The molecule has 48 heavy (non-hydrogen) atoms. The lowest BCUT2D eigenvalue weighted by atomic mass is 9.82. The quantitative estimate of drug-likeness (QED) is 0.181. The molecule has 9 rings (SSSR count). The van der Waals surface area contributed by atoms with Crippen molar-refractivity contribution in [3.05, 3.63) is 188 Å². The molecule has 0 atom stereocenters. The van der Waals surface area contributed by atoms with Crippen molar-refractivity contribution < 1.29 is 4.89 Å². The van der Waals surface area contributed by atoms with E-state index in [-0.39, 0.29) is 0 Å². The minimum absolute atomic E-state index is 0.934. The Morgan fingerprint density at radius 2 is 0.771 bits per heavy atom. The molecule has 0 unspecified atom stereocenters. The average molecular weight is 632 g/mol. The fourth-order valence-corrected chi connectivity index (χ4v) is 10.3. The van der Waals surface area contributed by atoms with Gasteiger partial charge < -0.3 is 0 Å². The predicted molar refractivity (Wildman–Crippen MR) is 206 cm³/mol. The Bertz CT molecular complexity index is 2390. The zero-order valence-electron chi connectivity index (χ0n) is 26.3. The Morgan fingerprint density at radius 3 is 1.38 bits per heavy atom. The standard InChI is InChI=1S/C46H32OP/c47-48(36-23-9-3-10-24-36,37-25-11-4-12-26-37)38-27-13-22-35(30-38)42-31-41(32-16-5-1-6-17-32)45-39-28-14-20-33-21-15-29-40(43(33)39)46(45)44(42)34-18-7-2-8-19-34/h1-31,47H/q+1. The highest BCUT2D eigenvalue weighted by Crippen LogP contribution is 2.57. The highest BCUT2D eigenvalue weighted by molar-refractivity contribution is 7.91. The van der Waals surface area contributed by atoms with E-state index < -0.39 is 7.49 Å². The molecule has 0 amide bonds. The van der Waals surface area contributed by atoms with Crippen molar-refractivity contribution in [2.45, 2.75) is 0 Å². The van der Waals surface area contributed by atoms with E-state index in [1.165, 1.54) is 55.3 Å². The lowest BCUT2D eigenvalue weighted by Crippen LogP contribution is -2.30. The van der Waals surface area contributed by atoms with Crippen LogP contribution in [0.4, 0.5) is 0 Å². The first kappa shape index (κ1) is 28.6. The topological polar surface area (TPSA) is 20.2 Å². The van der Waals surface area contributed by atoms with E-state index in [1.54, 1.807) is 0 Å². The molecule has 1 nitrogen and oxygen atoms in total. The summed E-state index contributed by atoms with van der Waals surface area (Å²) < 4.78 is 0. The number of rotatable bonds is 6. The van der Waals surface area contributed by atoms with Crippen LogP contribution in [0.15, 0.2) is 188 Å². The van der Waals surface area contributed by atoms with E-state index in [4.69, 9.17) is 0 Å². The van der Waals surface area contributed by atoms with Gasteiger partial charge in [0.2, 0.25) is 7.49 Å². The molecule has 8 aromatic rings. The summed E-state index contributed by atoms with van der Waals surface area (Å²) in [4.78, 5) is 12.9. The fraction of sp³-hybridized carbons (Fsp3) is 0. The summed E-state index contributed by atoms with van der Waals surface area (Å²) in [6.07, 6.45) is 0. The zero-order chi connectivity index (χ0) is 32.1. The maximum atomic E-state index is 12.9. The second kappa shape index (κ2) is 11.6. The lowest BCUT2D eigenvalue weighted by molar-refractivity contribution is 0.633. The van der Waals surface area contributed by atoms with Gasteiger partial charge in [-0.3, -0.25) is 0 Å². The molecule has 0 fully saturated rings. The third-order valence-corrected chi connectivity index (χ3v) is 12.8. The summed E-state index contributed by atoms with van der Waals surface area (Å²) in [5.41, 5.74) is 12.1. The summed E-state index contributed by atoms with van der Waals surface area (Å²) in [5, 5.41) is 5.38. The largest absolute Gasteiger partial charge is 0.238 e. The highest BCUT2D eigenvalue weighted by atomic mass is 31.2. The van der Waals surface area contributed by atoms with Crippen LogP contribution in [0.2, 0.25) is 0 Å². The Balaban J connectivity index is 1.38. The van der Waals surface area contributed by atoms with Crippen molar-refractivity contribution in [2.75, 3.05) is 0 Å². The summed E-state index contributed by atoms with van der Waals surface area (Å²) in [6.45, 7) is 0. The molecule has 1 aliphatic rings. The Hall–Kier alpha value is -5.59. The summed E-state index contributed by atoms with van der Waals surface area (Å²) in [7, 11) is -2.93. The molecule has 0 spiro atoms. The smallest absolute Gasteiger partial charge is 0.235 e. The van der Waals surface area contributed by atoms with Crippen molar-refractivity contribution >= 4 is 34.2 Å². The van der Waals surface area contributed by atoms with Crippen LogP contribution in [-0.2, 0) is 0 Å². The first-order chi connectivity index (χ1) is 23.7. The van der Waals surface area contributed by atoms with Gasteiger partial charge in [0.15, 0.2) is 0 Å². The monoisotopic (exact) mass is 631 g/mol. The van der Waals surface area contributed by atoms with Gasteiger partial charge in [0, 0.05) is 0 Å². The maximum absolute atomic E-state index is 12.9. The van der Waals surface area contributed by atoms with Gasteiger partial charge in [-0.2, -0.15) is 0 Å². The van der Waals surface area contributed by atoms with E-state index in [0.29, 0.717) is 0 Å². The van der Waals surface area contributed by atoms with Gasteiger partial charge >= 0.3 is 0 Å². The van der Waals surface area contributed by atoms with E-state index in [9.17, 15) is 4.89 Å². The van der Waals surface area contributed by atoms with E-state index >= 15 is 0 Å². The minimum atomic E-state index is -2.93.